The molecule has 0 radical (unpaired) electrons. The first-order valence-electron chi connectivity index (χ1n) is 7.21. The summed E-state index contributed by atoms with van der Waals surface area (Å²) in [6.07, 6.45) is 5.43. The van der Waals surface area contributed by atoms with Crippen LogP contribution in [0.4, 0.5) is 0 Å². The third-order valence-corrected chi connectivity index (χ3v) is 5.20. The number of fused-ring (bicyclic) bond motifs is 1. The van der Waals surface area contributed by atoms with E-state index in [0.29, 0.717) is 18.4 Å². The van der Waals surface area contributed by atoms with Crippen LogP contribution in [0, 0.1) is 5.92 Å². The van der Waals surface area contributed by atoms with Gasteiger partial charge in [0.1, 0.15) is 0 Å². The number of carbonyl (C=O) groups excluding carboxylic acids is 1. The first kappa shape index (κ1) is 13.0. The zero-order chi connectivity index (χ0) is 13.2. The van der Waals surface area contributed by atoms with Crippen molar-refractivity contribution in [1.82, 2.24) is 10.2 Å². The normalized spacial score (nSPS) is 29.8. The summed E-state index contributed by atoms with van der Waals surface area (Å²) in [6.45, 7) is 4.04. The van der Waals surface area contributed by atoms with Crippen LogP contribution in [0.5, 0.6) is 0 Å². The fraction of sp³-hybridized carbons (Fsp3) is 0.714. The molecule has 104 valence electrons. The molecule has 1 amide bonds. The molecule has 19 heavy (non-hydrogen) atoms. The number of hydrogen-bond acceptors (Lipinski definition) is 4. The van der Waals surface area contributed by atoms with Gasteiger partial charge in [-0.05, 0) is 24.2 Å². The van der Waals surface area contributed by atoms with Crippen LogP contribution in [0.15, 0.2) is 16.1 Å². The molecular weight excluding hydrogens is 258 g/mol. The van der Waals surface area contributed by atoms with Crippen molar-refractivity contribution in [1.29, 1.82) is 0 Å². The van der Waals surface area contributed by atoms with Crippen molar-refractivity contribution in [2.24, 2.45) is 10.9 Å². The zero-order valence-corrected chi connectivity index (χ0v) is 12.2. The van der Waals surface area contributed by atoms with Gasteiger partial charge < -0.3 is 10.2 Å². The molecule has 4 nitrogen and oxygen atoms in total. The minimum absolute atomic E-state index is 0.166. The highest BCUT2D eigenvalue weighted by Gasteiger charge is 2.29. The van der Waals surface area contributed by atoms with Crippen LogP contribution in [0.2, 0.25) is 0 Å². The van der Waals surface area contributed by atoms with Gasteiger partial charge in [-0.25, -0.2) is 0 Å². The molecule has 0 aromatic heterocycles. The van der Waals surface area contributed by atoms with E-state index in [1.165, 1.54) is 19.3 Å². The van der Waals surface area contributed by atoms with Crippen LogP contribution < -0.4 is 5.32 Å². The fourth-order valence-corrected chi connectivity index (χ4v) is 4.02. The second kappa shape index (κ2) is 5.57. The lowest BCUT2D eigenvalue weighted by molar-refractivity contribution is -0.121. The number of amides is 1. The Morgan fingerprint density at radius 1 is 1.53 bits per heavy atom. The molecule has 0 saturated heterocycles. The van der Waals surface area contributed by atoms with Gasteiger partial charge in [-0.2, -0.15) is 0 Å². The van der Waals surface area contributed by atoms with E-state index < -0.39 is 0 Å². The van der Waals surface area contributed by atoms with Gasteiger partial charge in [-0.15, -0.1) is 0 Å². The molecule has 1 fully saturated rings. The molecule has 0 aromatic carbocycles. The maximum atomic E-state index is 12.2. The summed E-state index contributed by atoms with van der Waals surface area (Å²) in [5, 5.41) is 6.35. The Bertz CT molecular complexity index is 432. The van der Waals surface area contributed by atoms with E-state index in [1.54, 1.807) is 11.8 Å². The Kier molecular flexibility index (Phi) is 3.82. The molecule has 2 unspecified atom stereocenters. The molecule has 5 heteroatoms. The van der Waals surface area contributed by atoms with Gasteiger partial charge in [-0.1, -0.05) is 31.5 Å². The SMILES string of the molecule is CC1CCCCC1NC(=O)CC1=CSC2=NCCN12. The summed E-state index contributed by atoms with van der Waals surface area (Å²) in [6, 6.07) is 0.377. The highest BCUT2D eigenvalue weighted by Crippen LogP contribution is 2.31. The predicted molar refractivity (Wildman–Crippen MR) is 78.9 cm³/mol. The van der Waals surface area contributed by atoms with Crippen LogP contribution >= 0.6 is 11.8 Å². The number of hydrogen-bond donors (Lipinski definition) is 1. The van der Waals surface area contributed by atoms with Crippen molar-refractivity contribution < 1.29 is 4.79 Å². The van der Waals surface area contributed by atoms with E-state index in [1.807, 2.05) is 0 Å². The van der Waals surface area contributed by atoms with Crippen molar-refractivity contribution in [2.45, 2.75) is 45.1 Å². The smallest absolute Gasteiger partial charge is 0.226 e. The average Bonchev–Trinajstić information content (AvgIpc) is 2.97. The summed E-state index contributed by atoms with van der Waals surface area (Å²) < 4.78 is 0. The Balaban J connectivity index is 1.53. The van der Waals surface area contributed by atoms with Crippen LogP contribution in [0.25, 0.3) is 0 Å². The maximum Gasteiger partial charge on any atom is 0.226 e. The highest BCUT2D eigenvalue weighted by molar-refractivity contribution is 8.16. The lowest BCUT2D eigenvalue weighted by atomic mass is 9.86. The van der Waals surface area contributed by atoms with E-state index in [-0.39, 0.29) is 5.91 Å². The summed E-state index contributed by atoms with van der Waals surface area (Å²) in [4.78, 5) is 18.8. The Labute approximate surface area is 118 Å². The Morgan fingerprint density at radius 2 is 2.37 bits per heavy atom. The third-order valence-electron chi connectivity index (χ3n) is 4.25. The molecule has 2 atom stereocenters. The second-order valence-electron chi connectivity index (χ2n) is 5.66. The molecular formula is C14H21N3OS. The Morgan fingerprint density at radius 3 is 3.21 bits per heavy atom. The van der Waals surface area contributed by atoms with Crippen molar-refractivity contribution >= 4 is 22.8 Å². The monoisotopic (exact) mass is 279 g/mol. The molecule has 0 spiro atoms. The number of carbonyl (C=O) groups is 1. The van der Waals surface area contributed by atoms with E-state index in [4.69, 9.17) is 0 Å². The summed E-state index contributed by atoms with van der Waals surface area (Å²) in [5.41, 5.74) is 1.11. The largest absolute Gasteiger partial charge is 0.353 e. The fourth-order valence-electron chi connectivity index (χ4n) is 3.07. The van der Waals surface area contributed by atoms with Gasteiger partial charge in [0.25, 0.3) is 0 Å². The summed E-state index contributed by atoms with van der Waals surface area (Å²) >= 11 is 1.64. The molecule has 2 aliphatic heterocycles. The number of aliphatic imine (C=N–C) groups is 1. The van der Waals surface area contributed by atoms with Crippen molar-refractivity contribution in [3.8, 4) is 0 Å². The van der Waals surface area contributed by atoms with E-state index in [9.17, 15) is 4.79 Å². The van der Waals surface area contributed by atoms with Crippen LogP contribution in [0.3, 0.4) is 0 Å². The summed E-state index contributed by atoms with van der Waals surface area (Å²) in [7, 11) is 0. The van der Waals surface area contributed by atoms with Gasteiger partial charge in [-0.3, -0.25) is 9.79 Å². The quantitative estimate of drug-likeness (QED) is 0.862. The van der Waals surface area contributed by atoms with Crippen molar-refractivity contribution in [3.05, 3.63) is 11.1 Å². The number of nitrogens with one attached hydrogen (secondary N) is 1. The first-order chi connectivity index (χ1) is 9.24. The molecule has 1 aliphatic carbocycles. The number of amidine groups is 1. The molecule has 1 N–H and O–H groups in total. The minimum atomic E-state index is 0.166. The van der Waals surface area contributed by atoms with E-state index in [0.717, 1.165) is 30.4 Å². The van der Waals surface area contributed by atoms with Crippen LogP contribution in [-0.2, 0) is 4.79 Å². The first-order valence-corrected chi connectivity index (χ1v) is 8.09. The van der Waals surface area contributed by atoms with Crippen molar-refractivity contribution in [3.63, 3.8) is 0 Å². The van der Waals surface area contributed by atoms with Crippen molar-refractivity contribution in [2.75, 3.05) is 13.1 Å². The molecule has 0 aromatic rings. The molecule has 0 bridgehead atoms. The maximum absolute atomic E-state index is 12.2. The predicted octanol–water partition coefficient (Wildman–Crippen LogP) is 2.33. The molecule has 3 aliphatic rings. The topological polar surface area (TPSA) is 44.7 Å². The molecule has 1 saturated carbocycles. The van der Waals surface area contributed by atoms with E-state index >= 15 is 0 Å². The number of rotatable bonds is 3. The molecule has 3 rings (SSSR count). The zero-order valence-electron chi connectivity index (χ0n) is 11.4. The minimum Gasteiger partial charge on any atom is -0.353 e. The van der Waals surface area contributed by atoms with Gasteiger partial charge in [0.05, 0.1) is 13.0 Å². The van der Waals surface area contributed by atoms with Crippen LogP contribution in [0.1, 0.15) is 39.0 Å². The third kappa shape index (κ3) is 2.81. The molecule has 2 heterocycles. The van der Waals surface area contributed by atoms with Gasteiger partial charge in [0, 0.05) is 18.3 Å². The number of thioether (sulfide) groups is 1. The summed E-state index contributed by atoms with van der Waals surface area (Å²) in [5.74, 6) is 0.785. The van der Waals surface area contributed by atoms with Gasteiger partial charge in [0.2, 0.25) is 5.91 Å². The number of nitrogens with zero attached hydrogens (tertiary/aromatic N) is 2. The van der Waals surface area contributed by atoms with Gasteiger partial charge >= 0.3 is 0 Å². The average molecular weight is 279 g/mol. The van der Waals surface area contributed by atoms with Crippen LogP contribution in [-0.4, -0.2) is 35.1 Å². The standard InChI is InChI=1S/C14H21N3OS/c1-10-4-2-3-5-12(10)16-13(18)8-11-9-19-14-15-6-7-17(11)14/h9-10,12H,2-8H2,1H3,(H,16,18). The van der Waals surface area contributed by atoms with E-state index in [2.05, 4.69) is 27.5 Å². The Hall–Kier alpha value is -0.970. The second-order valence-corrected chi connectivity index (χ2v) is 6.49. The van der Waals surface area contributed by atoms with Gasteiger partial charge in [0.15, 0.2) is 5.17 Å². The lowest BCUT2D eigenvalue weighted by Crippen LogP contribution is -2.41. The highest BCUT2D eigenvalue weighted by atomic mass is 32.2. The lowest BCUT2D eigenvalue weighted by Gasteiger charge is -2.29.